The van der Waals surface area contributed by atoms with Crippen molar-refractivity contribution in [1.29, 1.82) is 0 Å². The maximum absolute atomic E-state index is 13.3. The zero-order chi connectivity index (χ0) is 25.9. The van der Waals surface area contributed by atoms with Gasteiger partial charge in [-0.2, -0.15) is 0 Å². The van der Waals surface area contributed by atoms with E-state index in [1.807, 2.05) is 17.0 Å². The smallest absolute Gasteiger partial charge is 0.227 e. The van der Waals surface area contributed by atoms with Crippen molar-refractivity contribution in [2.75, 3.05) is 19.7 Å². The van der Waals surface area contributed by atoms with Gasteiger partial charge >= 0.3 is 0 Å². The number of amides is 1. The van der Waals surface area contributed by atoms with Crippen molar-refractivity contribution >= 4 is 17.3 Å². The second-order valence-corrected chi connectivity index (χ2v) is 11.4. The van der Waals surface area contributed by atoms with Crippen LogP contribution in [0.4, 0.5) is 0 Å². The topological polar surface area (TPSA) is 60.9 Å². The van der Waals surface area contributed by atoms with Crippen LogP contribution in [-0.2, 0) is 17.8 Å². The number of piperazine rings is 1. The molecule has 36 heavy (non-hydrogen) atoms. The Bertz CT molecular complexity index is 1110. The molecule has 1 amide bonds. The van der Waals surface area contributed by atoms with E-state index in [-0.39, 0.29) is 23.8 Å². The molecule has 0 aromatic heterocycles. The zero-order valence-corrected chi connectivity index (χ0v) is 22.2. The van der Waals surface area contributed by atoms with Crippen LogP contribution in [0.3, 0.4) is 0 Å². The third-order valence-electron chi connectivity index (χ3n) is 7.86. The molecule has 1 heterocycles. The van der Waals surface area contributed by atoms with Crippen molar-refractivity contribution in [2.24, 2.45) is 5.41 Å². The van der Waals surface area contributed by atoms with Gasteiger partial charge in [-0.15, -0.1) is 0 Å². The summed E-state index contributed by atoms with van der Waals surface area (Å²) in [7, 11) is 0. The summed E-state index contributed by atoms with van der Waals surface area (Å²) in [6.07, 6.45) is 6.22. The number of hydrogen-bond donors (Lipinski definition) is 1. The van der Waals surface area contributed by atoms with Crippen LogP contribution < -0.4 is 0 Å². The highest BCUT2D eigenvalue weighted by atomic mass is 16.3. The van der Waals surface area contributed by atoms with Gasteiger partial charge in [0.1, 0.15) is 6.61 Å². The van der Waals surface area contributed by atoms with Crippen molar-refractivity contribution in [3.63, 3.8) is 0 Å². The fourth-order valence-electron chi connectivity index (χ4n) is 5.48. The number of benzene rings is 2. The molecule has 2 atom stereocenters. The Balaban J connectivity index is 1.36. The minimum atomic E-state index is -0.468. The van der Waals surface area contributed by atoms with Crippen molar-refractivity contribution in [3.8, 4) is 0 Å². The van der Waals surface area contributed by atoms with Gasteiger partial charge in [-0.05, 0) is 60.8 Å². The number of carbonyl (C=O) groups is 2. The van der Waals surface area contributed by atoms with Crippen LogP contribution in [0.15, 0.2) is 54.6 Å². The Morgan fingerprint density at radius 2 is 1.69 bits per heavy atom. The monoisotopic (exact) mass is 488 g/mol. The zero-order valence-electron chi connectivity index (χ0n) is 22.2. The summed E-state index contributed by atoms with van der Waals surface area (Å²) in [5, 5.41) is 9.05. The number of ketones is 1. The van der Waals surface area contributed by atoms with E-state index in [0.717, 1.165) is 30.5 Å². The van der Waals surface area contributed by atoms with Gasteiger partial charge in [0.05, 0.1) is 6.42 Å². The lowest BCUT2D eigenvalue weighted by atomic mass is 9.77. The highest BCUT2D eigenvalue weighted by Crippen LogP contribution is 2.38. The van der Waals surface area contributed by atoms with Crippen LogP contribution in [0, 0.1) is 5.41 Å². The summed E-state index contributed by atoms with van der Waals surface area (Å²) < 4.78 is 0. The minimum Gasteiger partial charge on any atom is -0.388 e. The number of nitrogens with zero attached hydrogens (tertiary/aromatic N) is 2. The molecule has 0 bridgehead atoms. The number of allylic oxidation sites excluding steroid dienone is 2. The standard InChI is InChI=1S/C31H40N2O3/c1-22-18-32(19-23(2)33(22)20-24-8-10-27(11-9-24)29(35)21-34)30(36)17-25-6-5-7-28(16-25)26-12-14-31(3,4)15-13-26/h5-12,16,22-23,34H,13-15,17-21H2,1-4H3/t22-,23+. The van der Waals surface area contributed by atoms with Crippen LogP contribution >= 0.6 is 0 Å². The Morgan fingerprint density at radius 1 is 1.00 bits per heavy atom. The van der Waals surface area contributed by atoms with Crippen molar-refractivity contribution in [3.05, 3.63) is 76.9 Å². The first-order valence-electron chi connectivity index (χ1n) is 13.2. The molecule has 1 fully saturated rings. The average Bonchev–Trinajstić information content (AvgIpc) is 2.86. The average molecular weight is 489 g/mol. The molecule has 1 aliphatic heterocycles. The molecule has 5 nitrogen and oxygen atoms in total. The third kappa shape index (κ3) is 6.32. The predicted molar refractivity (Wildman–Crippen MR) is 145 cm³/mol. The minimum absolute atomic E-state index is 0.191. The molecule has 1 aliphatic carbocycles. The fraction of sp³-hybridized carbons (Fsp3) is 0.484. The first-order chi connectivity index (χ1) is 17.1. The summed E-state index contributed by atoms with van der Waals surface area (Å²) in [6, 6.07) is 16.5. The van der Waals surface area contributed by atoms with Gasteiger partial charge in [0.2, 0.25) is 5.91 Å². The number of rotatable bonds is 7. The summed E-state index contributed by atoms with van der Waals surface area (Å²) in [6.45, 7) is 10.7. The van der Waals surface area contributed by atoms with E-state index in [4.69, 9.17) is 5.11 Å². The molecule has 2 aliphatic rings. The number of hydrogen-bond acceptors (Lipinski definition) is 4. The second-order valence-electron chi connectivity index (χ2n) is 11.4. The van der Waals surface area contributed by atoms with Gasteiger partial charge in [0, 0.05) is 37.3 Å². The van der Waals surface area contributed by atoms with Gasteiger partial charge in [0.15, 0.2) is 5.78 Å². The summed E-state index contributed by atoms with van der Waals surface area (Å²) in [5.41, 5.74) is 5.80. The third-order valence-corrected chi connectivity index (χ3v) is 7.86. The summed E-state index contributed by atoms with van der Waals surface area (Å²) in [5.74, 6) is -0.0727. The highest BCUT2D eigenvalue weighted by molar-refractivity contribution is 5.96. The highest BCUT2D eigenvalue weighted by Gasteiger charge is 2.31. The van der Waals surface area contributed by atoms with Crippen molar-refractivity contribution in [1.82, 2.24) is 9.80 Å². The Morgan fingerprint density at radius 3 is 2.31 bits per heavy atom. The molecule has 2 aromatic rings. The molecular weight excluding hydrogens is 448 g/mol. The summed E-state index contributed by atoms with van der Waals surface area (Å²) >= 11 is 0. The van der Waals surface area contributed by atoms with Gasteiger partial charge in [-0.25, -0.2) is 0 Å². The molecular formula is C31H40N2O3. The van der Waals surface area contributed by atoms with Crippen molar-refractivity contribution in [2.45, 2.75) is 72.0 Å². The van der Waals surface area contributed by atoms with E-state index >= 15 is 0 Å². The van der Waals surface area contributed by atoms with Gasteiger partial charge < -0.3 is 10.0 Å². The molecule has 1 saturated heterocycles. The quantitative estimate of drug-likeness (QED) is 0.550. The lowest BCUT2D eigenvalue weighted by Gasteiger charge is -2.44. The SMILES string of the molecule is C[C@@H]1CN(C(=O)Cc2cccc(C3=CCC(C)(C)CC3)c2)C[C@H](C)N1Cc1ccc(C(=O)CO)cc1. The molecule has 0 radical (unpaired) electrons. The largest absolute Gasteiger partial charge is 0.388 e. The molecule has 5 heteroatoms. The van der Waals surface area contributed by atoms with Crippen LogP contribution in [0.2, 0.25) is 0 Å². The van der Waals surface area contributed by atoms with Crippen LogP contribution in [0.1, 0.15) is 74.0 Å². The number of carbonyl (C=O) groups excluding carboxylic acids is 2. The summed E-state index contributed by atoms with van der Waals surface area (Å²) in [4.78, 5) is 29.4. The van der Waals surface area contributed by atoms with E-state index in [9.17, 15) is 9.59 Å². The van der Waals surface area contributed by atoms with E-state index in [0.29, 0.717) is 30.5 Å². The fourth-order valence-corrected chi connectivity index (χ4v) is 5.48. The van der Waals surface area contributed by atoms with Gasteiger partial charge in [0.25, 0.3) is 0 Å². The predicted octanol–water partition coefficient (Wildman–Crippen LogP) is 5.12. The first kappa shape index (κ1) is 26.3. The molecule has 0 spiro atoms. The van der Waals surface area contributed by atoms with E-state index in [2.05, 4.69) is 62.9 Å². The first-order valence-corrected chi connectivity index (χ1v) is 13.2. The van der Waals surface area contributed by atoms with E-state index in [1.54, 1.807) is 12.1 Å². The number of aliphatic hydroxyl groups excluding tert-OH is 1. The second kappa shape index (κ2) is 11.1. The Labute approximate surface area is 215 Å². The van der Waals surface area contributed by atoms with Crippen molar-refractivity contribution < 1.29 is 14.7 Å². The molecule has 0 unspecified atom stereocenters. The van der Waals surface area contributed by atoms with E-state index in [1.165, 1.54) is 17.6 Å². The molecule has 1 N–H and O–H groups in total. The maximum Gasteiger partial charge on any atom is 0.227 e. The van der Waals surface area contributed by atoms with Crippen LogP contribution in [0.25, 0.3) is 5.57 Å². The Hall–Kier alpha value is -2.76. The van der Waals surface area contributed by atoms with E-state index < -0.39 is 6.61 Å². The van der Waals surface area contributed by atoms with Crippen LogP contribution in [-0.4, -0.2) is 58.4 Å². The molecule has 4 rings (SSSR count). The number of aliphatic hydroxyl groups is 1. The molecule has 192 valence electrons. The number of Topliss-reactive ketones (excluding diaryl/α,β-unsaturated/α-hetero) is 1. The molecule has 0 saturated carbocycles. The molecule has 2 aromatic carbocycles. The normalized spacial score (nSPS) is 22.2. The maximum atomic E-state index is 13.3. The lowest BCUT2D eigenvalue weighted by molar-refractivity contribution is -0.135. The van der Waals surface area contributed by atoms with Gasteiger partial charge in [-0.3, -0.25) is 14.5 Å². The lowest BCUT2D eigenvalue weighted by Crippen LogP contribution is -2.57. The van der Waals surface area contributed by atoms with Crippen LogP contribution in [0.5, 0.6) is 0 Å². The van der Waals surface area contributed by atoms with Gasteiger partial charge in [-0.1, -0.05) is 68.5 Å². The Kier molecular flexibility index (Phi) is 8.11.